The summed E-state index contributed by atoms with van der Waals surface area (Å²) < 4.78 is 32.9. The van der Waals surface area contributed by atoms with Gasteiger partial charge in [0.05, 0.1) is 23.3 Å². The topological polar surface area (TPSA) is 92.8 Å². The number of nitrogens with zero attached hydrogens (tertiary/aromatic N) is 1. The molecule has 0 saturated heterocycles. The van der Waals surface area contributed by atoms with E-state index >= 15 is 0 Å². The highest BCUT2D eigenvalue weighted by Crippen LogP contribution is 2.27. The van der Waals surface area contributed by atoms with Crippen LogP contribution in [-0.2, 0) is 19.6 Å². The summed E-state index contributed by atoms with van der Waals surface area (Å²) in [4.78, 5) is 25.0. The quantitative estimate of drug-likeness (QED) is 0.466. The van der Waals surface area contributed by atoms with E-state index in [1.54, 1.807) is 43.3 Å². The Kier molecular flexibility index (Phi) is 7.64. The van der Waals surface area contributed by atoms with Gasteiger partial charge in [-0.3, -0.25) is 9.10 Å². The van der Waals surface area contributed by atoms with E-state index in [-0.39, 0.29) is 4.90 Å². The van der Waals surface area contributed by atoms with Gasteiger partial charge in [-0.05, 0) is 86.0 Å². The van der Waals surface area contributed by atoms with Crippen LogP contribution in [-0.4, -0.2) is 33.9 Å². The number of sulfonamides is 1. The van der Waals surface area contributed by atoms with Gasteiger partial charge in [0.1, 0.15) is 6.54 Å². The van der Waals surface area contributed by atoms with Crippen molar-refractivity contribution in [2.75, 3.05) is 23.3 Å². The molecule has 0 fully saturated rings. The molecule has 3 rings (SSSR count). The molecular formula is C25H25ClN2O5S. The van der Waals surface area contributed by atoms with Gasteiger partial charge < -0.3 is 10.1 Å². The lowest BCUT2D eigenvalue weighted by Crippen LogP contribution is -2.38. The maximum absolute atomic E-state index is 13.5. The molecule has 0 aliphatic rings. The Morgan fingerprint density at radius 2 is 1.65 bits per heavy atom. The molecule has 178 valence electrons. The molecule has 7 nitrogen and oxygen atoms in total. The third kappa shape index (κ3) is 5.40. The fourth-order valence-corrected chi connectivity index (χ4v) is 4.89. The number of methoxy groups -OCH3 is 1. The molecular weight excluding hydrogens is 476 g/mol. The summed E-state index contributed by atoms with van der Waals surface area (Å²) >= 11 is 5.93. The van der Waals surface area contributed by atoms with Crippen LogP contribution in [0.1, 0.15) is 27.0 Å². The van der Waals surface area contributed by atoms with Crippen molar-refractivity contribution in [3.05, 3.63) is 87.9 Å². The maximum Gasteiger partial charge on any atom is 0.338 e. The van der Waals surface area contributed by atoms with E-state index in [2.05, 4.69) is 5.32 Å². The molecule has 0 aliphatic carbocycles. The SMILES string of the molecule is COC(=O)c1cccc(NC(=O)CN(c2ccc(C)c(C)c2)S(=O)(=O)c2ccc(Cl)cc2)c1C. The van der Waals surface area contributed by atoms with Crippen molar-refractivity contribution in [2.45, 2.75) is 25.7 Å². The average molecular weight is 501 g/mol. The Labute approximate surface area is 204 Å². The number of anilines is 2. The molecule has 0 bridgehead atoms. The summed E-state index contributed by atoms with van der Waals surface area (Å²) in [5.74, 6) is -1.10. The number of amides is 1. The van der Waals surface area contributed by atoms with Crippen molar-refractivity contribution < 1.29 is 22.7 Å². The average Bonchev–Trinajstić information content (AvgIpc) is 2.80. The Morgan fingerprint density at radius 1 is 0.971 bits per heavy atom. The highest BCUT2D eigenvalue weighted by Gasteiger charge is 2.28. The van der Waals surface area contributed by atoms with Crippen LogP contribution in [0.25, 0.3) is 0 Å². The van der Waals surface area contributed by atoms with E-state index in [1.165, 1.54) is 31.4 Å². The van der Waals surface area contributed by atoms with E-state index in [9.17, 15) is 18.0 Å². The zero-order valence-corrected chi connectivity index (χ0v) is 20.8. The second kappa shape index (κ2) is 10.3. The van der Waals surface area contributed by atoms with Gasteiger partial charge in [0.25, 0.3) is 10.0 Å². The van der Waals surface area contributed by atoms with Crippen LogP contribution in [0.4, 0.5) is 11.4 Å². The van der Waals surface area contributed by atoms with Gasteiger partial charge in [-0.2, -0.15) is 0 Å². The minimum absolute atomic E-state index is 0.00629. The van der Waals surface area contributed by atoms with Crippen molar-refractivity contribution in [1.29, 1.82) is 0 Å². The molecule has 0 atom stereocenters. The number of esters is 1. The first-order valence-electron chi connectivity index (χ1n) is 10.4. The summed E-state index contributed by atoms with van der Waals surface area (Å²) in [5, 5.41) is 3.11. The van der Waals surface area contributed by atoms with Gasteiger partial charge in [-0.25, -0.2) is 13.2 Å². The Bertz CT molecular complexity index is 1340. The number of halogens is 1. The van der Waals surface area contributed by atoms with E-state index in [1.807, 2.05) is 13.8 Å². The molecule has 0 saturated carbocycles. The first kappa shape index (κ1) is 25.3. The monoisotopic (exact) mass is 500 g/mol. The lowest BCUT2D eigenvalue weighted by Gasteiger charge is -2.25. The van der Waals surface area contributed by atoms with Crippen molar-refractivity contribution in [3.8, 4) is 0 Å². The van der Waals surface area contributed by atoms with Crippen LogP contribution in [0.2, 0.25) is 5.02 Å². The van der Waals surface area contributed by atoms with Crippen LogP contribution >= 0.6 is 11.6 Å². The standard InChI is InChI=1S/C25H25ClN2O5S/c1-16-8-11-20(14-17(16)2)28(34(31,32)21-12-9-19(26)10-13-21)15-24(29)27-23-7-5-6-22(18(23)3)25(30)33-4/h5-14H,15H2,1-4H3,(H,27,29). The predicted octanol–water partition coefficient (Wildman–Crippen LogP) is 4.89. The number of benzene rings is 3. The minimum atomic E-state index is -4.08. The largest absolute Gasteiger partial charge is 0.465 e. The van der Waals surface area contributed by atoms with Gasteiger partial charge >= 0.3 is 5.97 Å². The molecule has 1 amide bonds. The molecule has 0 radical (unpaired) electrons. The van der Waals surface area contributed by atoms with E-state index < -0.39 is 28.4 Å². The number of hydrogen-bond acceptors (Lipinski definition) is 5. The molecule has 0 aromatic heterocycles. The molecule has 34 heavy (non-hydrogen) atoms. The molecule has 0 spiro atoms. The third-order valence-corrected chi connectivity index (χ3v) is 7.52. The first-order valence-corrected chi connectivity index (χ1v) is 12.2. The lowest BCUT2D eigenvalue weighted by molar-refractivity contribution is -0.114. The normalized spacial score (nSPS) is 11.1. The fraction of sp³-hybridized carbons (Fsp3) is 0.200. The second-order valence-corrected chi connectivity index (χ2v) is 10.1. The number of nitrogens with one attached hydrogen (secondary N) is 1. The number of aryl methyl sites for hydroxylation is 2. The van der Waals surface area contributed by atoms with E-state index in [0.29, 0.717) is 27.5 Å². The Hall–Kier alpha value is -3.36. The van der Waals surface area contributed by atoms with Crippen LogP contribution in [0.3, 0.4) is 0 Å². The molecule has 3 aromatic carbocycles. The Morgan fingerprint density at radius 3 is 2.26 bits per heavy atom. The van der Waals surface area contributed by atoms with Crippen LogP contribution in [0, 0.1) is 20.8 Å². The molecule has 1 N–H and O–H groups in total. The molecule has 0 unspecified atom stereocenters. The summed E-state index contributed by atoms with van der Waals surface area (Å²) in [7, 11) is -2.81. The van der Waals surface area contributed by atoms with Crippen molar-refractivity contribution in [1.82, 2.24) is 0 Å². The van der Waals surface area contributed by atoms with Crippen LogP contribution < -0.4 is 9.62 Å². The zero-order valence-electron chi connectivity index (χ0n) is 19.3. The summed E-state index contributed by atoms with van der Waals surface area (Å²) in [6.45, 7) is 4.98. The number of hydrogen-bond donors (Lipinski definition) is 1. The van der Waals surface area contributed by atoms with Crippen molar-refractivity contribution in [2.24, 2.45) is 0 Å². The smallest absolute Gasteiger partial charge is 0.338 e. The lowest BCUT2D eigenvalue weighted by atomic mass is 10.1. The van der Waals surface area contributed by atoms with Crippen LogP contribution in [0.5, 0.6) is 0 Å². The second-order valence-electron chi connectivity index (χ2n) is 7.75. The van der Waals surface area contributed by atoms with Gasteiger partial charge in [-0.1, -0.05) is 23.7 Å². The third-order valence-electron chi connectivity index (χ3n) is 5.48. The molecule has 0 aliphatic heterocycles. The first-order chi connectivity index (χ1) is 16.0. The summed E-state index contributed by atoms with van der Waals surface area (Å²) in [6.07, 6.45) is 0. The number of carbonyl (C=O) groups is 2. The zero-order chi connectivity index (χ0) is 25.0. The maximum atomic E-state index is 13.5. The number of rotatable bonds is 7. The highest BCUT2D eigenvalue weighted by molar-refractivity contribution is 7.92. The van der Waals surface area contributed by atoms with E-state index in [0.717, 1.165) is 15.4 Å². The minimum Gasteiger partial charge on any atom is -0.465 e. The highest BCUT2D eigenvalue weighted by atomic mass is 35.5. The number of ether oxygens (including phenoxy) is 1. The summed E-state index contributed by atoms with van der Waals surface area (Å²) in [6, 6.07) is 15.8. The van der Waals surface area contributed by atoms with Gasteiger partial charge in [0, 0.05) is 10.7 Å². The van der Waals surface area contributed by atoms with Gasteiger partial charge in [-0.15, -0.1) is 0 Å². The van der Waals surface area contributed by atoms with Crippen molar-refractivity contribution >= 4 is 44.9 Å². The van der Waals surface area contributed by atoms with Gasteiger partial charge in [0.15, 0.2) is 0 Å². The predicted molar refractivity (Wildman–Crippen MR) is 133 cm³/mol. The van der Waals surface area contributed by atoms with Crippen LogP contribution in [0.15, 0.2) is 65.6 Å². The Balaban J connectivity index is 1.98. The van der Waals surface area contributed by atoms with Crippen molar-refractivity contribution in [3.63, 3.8) is 0 Å². The molecule has 3 aromatic rings. The summed E-state index contributed by atoms with van der Waals surface area (Å²) in [5.41, 5.74) is 3.44. The fourth-order valence-electron chi connectivity index (χ4n) is 3.35. The van der Waals surface area contributed by atoms with Gasteiger partial charge in [0.2, 0.25) is 5.91 Å². The molecule has 0 heterocycles. The number of carbonyl (C=O) groups excluding carboxylic acids is 2. The van der Waals surface area contributed by atoms with E-state index in [4.69, 9.17) is 16.3 Å². The molecule has 9 heteroatoms.